The second kappa shape index (κ2) is 19.5. The van der Waals surface area contributed by atoms with Crippen LogP contribution in [0.1, 0.15) is 39.2 Å². The lowest BCUT2D eigenvalue weighted by Crippen LogP contribution is -2.30. The van der Waals surface area contributed by atoms with Crippen molar-refractivity contribution in [3.63, 3.8) is 0 Å². The summed E-state index contributed by atoms with van der Waals surface area (Å²) >= 11 is 0. The summed E-state index contributed by atoms with van der Waals surface area (Å²) in [6.45, 7) is 12.7. The number of carbonyl (C=O) groups is 3. The van der Waals surface area contributed by atoms with Crippen LogP contribution in [0.2, 0.25) is 0 Å². The van der Waals surface area contributed by atoms with Gasteiger partial charge in [0.25, 0.3) is 0 Å². The summed E-state index contributed by atoms with van der Waals surface area (Å²) in [5.74, 6) is -1.87. The van der Waals surface area contributed by atoms with Crippen LogP contribution in [0.4, 0.5) is 0 Å². The number of esters is 3. The standard InChI is InChI=1S/C29H39NO9/c1-7-10-25(21(3)17-24-11-9-14-30-19-24)39-29(33)18-22(4)37-28(32)13-12-26(23(5)38-27(31)8-2)36-20-35-16-15-34-6/h7-9,11-14,17,19,22-23,25-26H,1-2,10,15-16,18,20H2,3-6H3/b13-12+,21-17+/t22-,23-,25+,26+/m0/s1. The number of hydrogen-bond acceptors (Lipinski definition) is 10. The fourth-order valence-electron chi connectivity index (χ4n) is 3.16. The maximum atomic E-state index is 12.6. The molecule has 1 rings (SSSR count). The van der Waals surface area contributed by atoms with Crippen LogP contribution in [0.3, 0.4) is 0 Å². The van der Waals surface area contributed by atoms with Gasteiger partial charge >= 0.3 is 17.9 Å². The van der Waals surface area contributed by atoms with E-state index >= 15 is 0 Å². The van der Waals surface area contributed by atoms with Gasteiger partial charge in [-0.2, -0.15) is 0 Å². The SMILES string of the molecule is C=CC[C@@H](OC(=O)C[C@H](C)OC(=O)/C=C/[C@@H](OCOCCOC)[C@H](C)OC(=O)C=C)/C(C)=C/c1cccnc1. The Bertz CT molecular complexity index is 974. The van der Waals surface area contributed by atoms with Crippen LogP contribution >= 0.6 is 0 Å². The van der Waals surface area contributed by atoms with Crippen LogP contribution in [0, 0.1) is 0 Å². The molecule has 0 saturated heterocycles. The minimum Gasteiger partial charge on any atom is -0.459 e. The van der Waals surface area contributed by atoms with E-state index in [1.54, 1.807) is 39.4 Å². The summed E-state index contributed by atoms with van der Waals surface area (Å²) in [6, 6.07) is 3.71. The molecule has 1 aromatic heterocycles. The maximum Gasteiger partial charge on any atom is 0.330 e. The van der Waals surface area contributed by atoms with E-state index < -0.39 is 42.3 Å². The minimum atomic E-state index is -0.807. The van der Waals surface area contributed by atoms with E-state index in [-0.39, 0.29) is 13.2 Å². The first-order valence-corrected chi connectivity index (χ1v) is 12.5. The number of hydrogen-bond donors (Lipinski definition) is 0. The Morgan fingerprint density at radius 3 is 2.49 bits per heavy atom. The van der Waals surface area contributed by atoms with Gasteiger partial charge in [0.15, 0.2) is 0 Å². The highest BCUT2D eigenvalue weighted by Crippen LogP contribution is 2.17. The second-order valence-corrected chi connectivity index (χ2v) is 8.48. The summed E-state index contributed by atoms with van der Waals surface area (Å²) in [5.41, 5.74) is 1.71. The lowest BCUT2D eigenvalue weighted by Gasteiger charge is -2.21. The first-order chi connectivity index (χ1) is 18.7. The average molecular weight is 546 g/mol. The monoisotopic (exact) mass is 545 g/mol. The molecule has 1 heterocycles. The Labute approximate surface area is 230 Å². The van der Waals surface area contributed by atoms with Gasteiger partial charge in [-0.1, -0.05) is 24.8 Å². The smallest absolute Gasteiger partial charge is 0.330 e. The quantitative estimate of drug-likeness (QED) is 0.0631. The normalized spacial score (nSPS) is 14.6. The van der Waals surface area contributed by atoms with Gasteiger partial charge in [-0.25, -0.2) is 9.59 Å². The van der Waals surface area contributed by atoms with Gasteiger partial charge in [-0.3, -0.25) is 9.78 Å². The fourth-order valence-corrected chi connectivity index (χ4v) is 3.16. The first-order valence-electron chi connectivity index (χ1n) is 12.5. The summed E-state index contributed by atoms with van der Waals surface area (Å²) in [4.78, 5) is 40.6. The maximum absolute atomic E-state index is 12.6. The van der Waals surface area contributed by atoms with Crippen molar-refractivity contribution in [1.29, 1.82) is 0 Å². The molecule has 0 unspecified atom stereocenters. The summed E-state index contributed by atoms with van der Waals surface area (Å²) in [5, 5.41) is 0. The van der Waals surface area contributed by atoms with Gasteiger partial charge in [-0.05, 0) is 44.1 Å². The van der Waals surface area contributed by atoms with Crippen molar-refractivity contribution in [2.24, 2.45) is 0 Å². The van der Waals surface area contributed by atoms with Gasteiger partial charge in [0.1, 0.15) is 31.2 Å². The van der Waals surface area contributed by atoms with E-state index in [9.17, 15) is 14.4 Å². The number of methoxy groups -OCH3 is 1. The molecule has 0 bridgehead atoms. The van der Waals surface area contributed by atoms with Gasteiger partial charge in [0.05, 0.1) is 19.6 Å². The fraction of sp³-hybridized carbons (Fsp3) is 0.448. The third-order valence-corrected chi connectivity index (χ3v) is 5.14. The number of rotatable bonds is 19. The van der Waals surface area contributed by atoms with Crippen LogP contribution < -0.4 is 0 Å². The number of aromatic nitrogens is 1. The molecule has 0 aromatic carbocycles. The van der Waals surface area contributed by atoms with E-state index in [0.717, 1.165) is 23.3 Å². The summed E-state index contributed by atoms with van der Waals surface area (Å²) in [7, 11) is 1.54. The van der Waals surface area contributed by atoms with Crippen molar-refractivity contribution in [1.82, 2.24) is 4.98 Å². The molecular formula is C29H39NO9. The van der Waals surface area contributed by atoms with E-state index in [1.807, 2.05) is 25.1 Å². The Morgan fingerprint density at radius 2 is 1.85 bits per heavy atom. The Balaban J connectivity index is 2.69. The van der Waals surface area contributed by atoms with Crippen molar-refractivity contribution in [3.05, 3.63) is 73.1 Å². The van der Waals surface area contributed by atoms with Crippen LogP contribution in [0.15, 0.2) is 67.6 Å². The van der Waals surface area contributed by atoms with E-state index in [0.29, 0.717) is 19.6 Å². The molecule has 4 atom stereocenters. The van der Waals surface area contributed by atoms with Crippen molar-refractivity contribution in [2.45, 2.75) is 58.0 Å². The molecule has 0 saturated carbocycles. The van der Waals surface area contributed by atoms with E-state index in [4.69, 9.17) is 28.4 Å². The molecule has 0 radical (unpaired) electrons. The highest BCUT2D eigenvalue weighted by Gasteiger charge is 2.21. The van der Waals surface area contributed by atoms with Gasteiger partial charge in [-0.15, -0.1) is 6.58 Å². The summed E-state index contributed by atoms with van der Waals surface area (Å²) in [6.07, 6.45) is 7.95. The molecule has 0 spiro atoms. The zero-order valence-electron chi connectivity index (χ0n) is 23.1. The molecular weight excluding hydrogens is 506 g/mol. The first kappa shape index (κ1) is 33.4. The average Bonchev–Trinajstić information content (AvgIpc) is 2.90. The molecule has 0 aliphatic carbocycles. The van der Waals surface area contributed by atoms with Crippen LogP contribution in [-0.4, -0.2) is 74.4 Å². The Morgan fingerprint density at radius 1 is 1.08 bits per heavy atom. The molecule has 10 nitrogen and oxygen atoms in total. The van der Waals surface area contributed by atoms with Crippen molar-refractivity contribution in [3.8, 4) is 0 Å². The van der Waals surface area contributed by atoms with Gasteiger partial charge in [0.2, 0.25) is 0 Å². The van der Waals surface area contributed by atoms with E-state index in [2.05, 4.69) is 18.1 Å². The van der Waals surface area contributed by atoms with Crippen molar-refractivity contribution in [2.75, 3.05) is 27.1 Å². The van der Waals surface area contributed by atoms with Crippen LogP contribution in [0.25, 0.3) is 6.08 Å². The highest BCUT2D eigenvalue weighted by atomic mass is 16.7. The van der Waals surface area contributed by atoms with Crippen LogP contribution in [0.5, 0.6) is 0 Å². The van der Waals surface area contributed by atoms with Crippen molar-refractivity contribution >= 4 is 24.0 Å². The third-order valence-electron chi connectivity index (χ3n) is 5.14. The lowest BCUT2D eigenvalue weighted by molar-refractivity contribution is -0.155. The minimum absolute atomic E-state index is 0.119. The van der Waals surface area contributed by atoms with Crippen LogP contribution in [-0.2, 0) is 42.8 Å². The highest BCUT2D eigenvalue weighted by molar-refractivity contribution is 5.83. The van der Waals surface area contributed by atoms with Gasteiger partial charge in [0, 0.05) is 38.1 Å². The largest absolute Gasteiger partial charge is 0.459 e. The predicted octanol–water partition coefficient (Wildman–Crippen LogP) is 3.97. The number of nitrogens with zero attached hydrogens (tertiary/aromatic N) is 1. The third kappa shape index (κ3) is 14.8. The molecule has 0 aliphatic rings. The second-order valence-electron chi connectivity index (χ2n) is 8.48. The van der Waals surface area contributed by atoms with Crippen molar-refractivity contribution < 1.29 is 42.8 Å². The van der Waals surface area contributed by atoms with E-state index in [1.165, 1.54) is 6.08 Å². The Kier molecular flexibility index (Phi) is 16.7. The molecule has 0 fully saturated rings. The topological polar surface area (TPSA) is 119 Å². The number of ether oxygens (including phenoxy) is 6. The molecule has 0 N–H and O–H groups in total. The molecule has 0 amide bonds. The number of pyridine rings is 1. The molecule has 1 aromatic rings. The molecule has 10 heteroatoms. The Hall–Kier alpha value is -3.60. The zero-order valence-corrected chi connectivity index (χ0v) is 23.1. The zero-order chi connectivity index (χ0) is 29.0. The molecule has 0 aliphatic heterocycles. The molecule has 214 valence electrons. The molecule has 39 heavy (non-hydrogen) atoms. The number of carbonyl (C=O) groups excluding carboxylic acids is 3. The predicted molar refractivity (Wildman–Crippen MR) is 145 cm³/mol. The summed E-state index contributed by atoms with van der Waals surface area (Å²) < 4.78 is 31.9. The lowest BCUT2D eigenvalue weighted by atomic mass is 10.1. The van der Waals surface area contributed by atoms with Gasteiger partial charge < -0.3 is 28.4 Å².